The van der Waals surface area contributed by atoms with Crippen molar-refractivity contribution in [2.24, 2.45) is 0 Å². The van der Waals surface area contributed by atoms with Gasteiger partial charge in [-0.1, -0.05) is 19.1 Å². The normalized spacial score (nSPS) is 15.8. The van der Waals surface area contributed by atoms with Gasteiger partial charge in [0.25, 0.3) is 10.2 Å². The van der Waals surface area contributed by atoms with E-state index >= 15 is 0 Å². The van der Waals surface area contributed by atoms with Gasteiger partial charge in [-0.3, -0.25) is 0 Å². The van der Waals surface area contributed by atoms with Gasteiger partial charge in [-0.15, -0.1) is 0 Å². The molecule has 0 amide bonds. The molecule has 0 spiro atoms. The largest absolute Gasteiger partial charge is 0.416 e. The topological polar surface area (TPSA) is 69.6 Å². The van der Waals surface area contributed by atoms with Gasteiger partial charge in [0, 0.05) is 14.1 Å². The molecule has 1 aromatic carbocycles. The summed E-state index contributed by atoms with van der Waals surface area (Å²) in [6.45, 7) is 1.66. The van der Waals surface area contributed by atoms with Crippen LogP contribution in [0.1, 0.15) is 30.6 Å². The molecule has 126 valence electrons. The van der Waals surface area contributed by atoms with Crippen molar-refractivity contribution in [1.29, 1.82) is 0 Å². The SMILES string of the molecule is CC[C@@H](NS(=O)(=O)N(C)C)[C@H](O)c1ccc(C(F)(F)F)cc1. The zero-order chi connectivity index (χ0) is 17.1. The Hall–Kier alpha value is -1.16. The molecule has 0 aliphatic rings. The summed E-state index contributed by atoms with van der Waals surface area (Å²) in [5, 5.41) is 10.2. The predicted octanol–water partition coefficient (Wildman–Crippen LogP) is 1.91. The van der Waals surface area contributed by atoms with Crippen molar-refractivity contribution in [3.63, 3.8) is 0 Å². The molecule has 22 heavy (non-hydrogen) atoms. The maximum absolute atomic E-state index is 12.5. The lowest BCUT2D eigenvalue weighted by Gasteiger charge is -2.25. The molecule has 1 rings (SSSR count). The molecule has 0 radical (unpaired) electrons. The van der Waals surface area contributed by atoms with Gasteiger partial charge in [0.2, 0.25) is 0 Å². The summed E-state index contributed by atoms with van der Waals surface area (Å²) in [5.41, 5.74) is -0.619. The van der Waals surface area contributed by atoms with E-state index in [-0.39, 0.29) is 12.0 Å². The van der Waals surface area contributed by atoms with Crippen LogP contribution in [0, 0.1) is 0 Å². The van der Waals surface area contributed by atoms with Crippen LogP contribution in [0.4, 0.5) is 13.2 Å². The molecule has 0 bridgehead atoms. The number of nitrogens with one attached hydrogen (secondary N) is 1. The van der Waals surface area contributed by atoms with Crippen LogP contribution >= 0.6 is 0 Å². The highest BCUT2D eigenvalue weighted by Gasteiger charge is 2.31. The van der Waals surface area contributed by atoms with Gasteiger partial charge in [-0.05, 0) is 24.1 Å². The number of alkyl halides is 3. The minimum atomic E-state index is -4.46. The van der Waals surface area contributed by atoms with E-state index in [4.69, 9.17) is 0 Å². The Bertz CT molecular complexity index is 586. The second-order valence-electron chi connectivity index (χ2n) is 4.98. The Morgan fingerprint density at radius 3 is 2.09 bits per heavy atom. The Balaban J connectivity index is 2.95. The summed E-state index contributed by atoms with van der Waals surface area (Å²) < 4.78 is 64.3. The first-order valence-corrected chi connectivity index (χ1v) is 7.98. The molecule has 0 aliphatic heterocycles. The highest BCUT2D eigenvalue weighted by atomic mass is 32.2. The van der Waals surface area contributed by atoms with Crippen LogP contribution in [0.5, 0.6) is 0 Å². The van der Waals surface area contributed by atoms with Crippen molar-refractivity contribution in [2.45, 2.75) is 31.7 Å². The third-order valence-electron chi connectivity index (χ3n) is 3.18. The van der Waals surface area contributed by atoms with Crippen LogP contribution in [0.2, 0.25) is 0 Å². The Morgan fingerprint density at radius 2 is 1.73 bits per heavy atom. The standard InChI is InChI=1S/C13H19F3N2O3S/c1-4-11(17-22(20,21)18(2)3)12(19)9-5-7-10(8-6-9)13(14,15)16/h5-8,11-12,17,19H,4H2,1-3H3/t11-,12-/m1/s1. The number of halogens is 3. The summed E-state index contributed by atoms with van der Waals surface area (Å²) in [6.07, 6.45) is -5.43. The number of nitrogens with zero attached hydrogens (tertiary/aromatic N) is 1. The van der Waals surface area contributed by atoms with Crippen molar-refractivity contribution in [3.05, 3.63) is 35.4 Å². The number of hydrogen-bond acceptors (Lipinski definition) is 3. The zero-order valence-corrected chi connectivity index (χ0v) is 13.2. The van der Waals surface area contributed by atoms with E-state index in [9.17, 15) is 26.7 Å². The number of aliphatic hydroxyl groups excluding tert-OH is 1. The maximum Gasteiger partial charge on any atom is 0.416 e. The smallest absolute Gasteiger partial charge is 0.387 e. The van der Waals surface area contributed by atoms with Crippen LogP contribution in [-0.2, 0) is 16.4 Å². The summed E-state index contributed by atoms with van der Waals surface area (Å²) in [7, 11) is -1.08. The van der Waals surface area contributed by atoms with E-state index in [0.717, 1.165) is 28.6 Å². The molecule has 0 saturated carbocycles. The van der Waals surface area contributed by atoms with Gasteiger partial charge < -0.3 is 5.11 Å². The van der Waals surface area contributed by atoms with Crippen molar-refractivity contribution in [2.75, 3.05) is 14.1 Å². The number of benzene rings is 1. The van der Waals surface area contributed by atoms with Gasteiger partial charge in [0.05, 0.1) is 17.7 Å². The molecule has 0 unspecified atom stereocenters. The highest BCUT2D eigenvalue weighted by molar-refractivity contribution is 7.87. The maximum atomic E-state index is 12.5. The number of rotatable bonds is 6. The van der Waals surface area contributed by atoms with E-state index in [1.54, 1.807) is 6.92 Å². The van der Waals surface area contributed by atoms with Gasteiger partial charge in [-0.2, -0.15) is 30.6 Å². The number of aliphatic hydroxyl groups is 1. The van der Waals surface area contributed by atoms with E-state index in [2.05, 4.69) is 4.72 Å². The van der Waals surface area contributed by atoms with Crippen LogP contribution in [0.25, 0.3) is 0 Å². The summed E-state index contributed by atoms with van der Waals surface area (Å²) in [6, 6.07) is 3.14. The van der Waals surface area contributed by atoms with Crippen LogP contribution in [-0.4, -0.2) is 38.0 Å². The highest BCUT2D eigenvalue weighted by Crippen LogP contribution is 2.30. The molecule has 5 nitrogen and oxygen atoms in total. The quantitative estimate of drug-likeness (QED) is 0.831. The fourth-order valence-corrected chi connectivity index (χ4v) is 2.66. The van der Waals surface area contributed by atoms with Gasteiger partial charge >= 0.3 is 6.18 Å². The third kappa shape index (κ3) is 4.67. The van der Waals surface area contributed by atoms with Gasteiger partial charge in [-0.25, -0.2) is 0 Å². The van der Waals surface area contributed by atoms with Crippen LogP contribution < -0.4 is 4.72 Å². The average Bonchev–Trinajstić information content (AvgIpc) is 2.43. The van der Waals surface area contributed by atoms with Gasteiger partial charge in [0.15, 0.2) is 0 Å². The minimum Gasteiger partial charge on any atom is -0.387 e. The zero-order valence-electron chi connectivity index (χ0n) is 12.4. The Labute approximate surface area is 127 Å². The molecule has 9 heteroatoms. The lowest BCUT2D eigenvalue weighted by Crippen LogP contribution is -2.44. The first-order chi connectivity index (χ1) is 9.99. The molecule has 0 aromatic heterocycles. The number of hydrogen-bond donors (Lipinski definition) is 2. The monoisotopic (exact) mass is 340 g/mol. The van der Waals surface area contributed by atoms with Crippen molar-refractivity contribution in [3.8, 4) is 0 Å². The molecule has 0 saturated heterocycles. The molecule has 2 atom stereocenters. The molecule has 0 aliphatic carbocycles. The first-order valence-electron chi connectivity index (χ1n) is 6.54. The van der Waals surface area contributed by atoms with E-state index in [0.29, 0.717) is 0 Å². The molecular formula is C13H19F3N2O3S. The predicted molar refractivity (Wildman–Crippen MR) is 76.2 cm³/mol. The third-order valence-corrected chi connectivity index (χ3v) is 4.74. The minimum absolute atomic E-state index is 0.210. The lowest BCUT2D eigenvalue weighted by molar-refractivity contribution is -0.137. The van der Waals surface area contributed by atoms with Crippen LogP contribution in [0.3, 0.4) is 0 Å². The molecular weight excluding hydrogens is 321 g/mol. The van der Waals surface area contributed by atoms with Crippen molar-refractivity contribution < 1.29 is 26.7 Å². The lowest BCUT2D eigenvalue weighted by atomic mass is 10.00. The van der Waals surface area contributed by atoms with E-state index in [1.165, 1.54) is 14.1 Å². The summed E-state index contributed by atoms with van der Waals surface area (Å²) in [5.74, 6) is 0. The summed E-state index contributed by atoms with van der Waals surface area (Å²) in [4.78, 5) is 0. The van der Waals surface area contributed by atoms with E-state index in [1.807, 2.05) is 0 Å². The molecule has 0 fully saturated rings. The molecule has 0 heterocycles. The molecule has 1 aromatic rings. The van der Waals surface area contributed by atoms with Crippen molar-refractivity contribution in [1.82, 2.24) is 9.03 Å². The average molecular weight is 340 g/mol. The fraction of sp³-hybridized carbons (Fsp3) is 0.538. The fourth-order valence-electron chi connectivity index (χ4n) is 1.77. The molecule has 2 N–H and O–H groups in total. The second-order valence-corrected chi connectivity index (χ2v) is 6.90. The summed E-state index contributed by atoms with van der Waals surface area (Å²) >= 11 is 0. The van der Waals surface area contributed by atoms with E-state index < -0.39 is 34.1 Å². The second kappa shape index (κ2) is 6.95. The van der Waals surface area contributed by atoms with Crippen LogP contribution in [0.15, 0.2) is 24.3 Å². The first kappa shape index (κ1) is 18.9. The Morgan fingerprint density at radius 1 is 1.23 bits per heavy atom. The van der Waals surface area contributed by atoms with Crippen molar-refractivity contribution >= 4 is 10.2 Å². The Kier molecular flexibility index (Phi) is 5.96. The van der Waals surface area contributed by atoms with Gasteiger partial charge in [0.1, 0.15) is 0 Å².